The zero-order valence-corrected chi connectivity index (χ0v) is 12.8. The molecule has 0 fully saturated rings. The molecule has 0 aliphatic heterocycles. The van der Waals surface area contributed by atoms with Crippen molar-refractivity contribution in [2.24, 2.45) is 0 Å². The summed E-state index contributed by atoms with van der Waals surface area (Å²) in [6.07, 6.45) is 4.21. The second kappa shape index (κ2) is 8.75. The number of ether oxygens (including phenoxy) is 1. The number of nitrogens with one attached hydrogen (secondary N) is 1. The number of thiophene rings is 1. The Morgan fingerprint density at radius 2 is 1.95 bits per heavy atom. The SMILES string of the molecule is COC(c1cnc[nH]1)c1cscc1C.O=C([O-])/C=C/C(=O)[O-]. The lowest BCUT2D eigenvalue weighted by atomic mass is 10.1. The number of methoxy groups -OCH3 is 1. The molecule has 0 saturated heterocycles. The summed E-state index contributed by atoms with van der Waals surface area (Å²) in [5.41, 5.74) is 3.47. The topological polar surface area (TPSA) is 118 Å². The molecule has 0 bridgehead atoms. The number of carboxylic acids is 2. The van der Waals surface area contributed by atoms with Crippen LogP contribution in [0.1, 0.15) is 22.9 Å². The van der Waals surface area contributed by atoms with Crippen LogP contribution in [0.5, 0.6) is 0 Å². The fourth-order valence-corrected chi connectivity index (χ4v) is 2.47. The van der Waals surface area contributed by atoms with Crippen molar-refractivity contribution in [3.8, 4) is 0 Å². The van der Waals surface area contributed by atoms with Gasteiger partial charge in [-0.25, -0.2) is 4.98 Å². The van der Waals surface area contributed by atoms with E-state index in [0.29, 0.717) is 12.2 Å². The molecule has 0 aliphatic rings. The molecule has 0 radical (unpaired) electrons. The molecule has 1 N–H and O–H groups in total. The van der Waals surface area contributed by atoms with Crippen molar-refractivity contribution < 1.29 is 24.5 Å². The van der Waals surface area contributed by atoms with Crippen LogP contribution in [0.3, 0.4) is 0 Å². The van der Waals surface area contributed by atoms with E-state index in [-0.39, 0.29) is 6.10 Å². The van der Waals surface area contributed by atoms with Crippen LogP contribution in [-0.2, 0) is 14.3 Å². The van der Waals surface area contributed by atoms with Crippen LogP contribution >= 0.6 is 11.3 Å². The number of imidazole rings is 1. The molecular formula is C14H14N2O5S-2. The van der Waals surface area contributed by atoms with Crippen LogP contribution in [0.2, 0.25) is 0 Å². The largest absolute Gasteiger partial charge is 0.545 e. The van der Waals surface area contributed by atoms with Gasteiger partial charge in [0, 0.05) is 12.7 Å². The summed E-state index contributed by atoms with van der Waals surface area (Å²) in [4.78, 5) is 25.9. The number of carboxylic acid groups (broad SMARTS) is 2. The molecule has 0 aliphatic carbocycles. The molecule has 0 spiro atoms. The lowest BCUT2D eigenvalue weighted by Gasteiger charge is -2.13. The predicted octanol–water partition coefficient (Wildman–Crippen LogP) is -0.442. The molecule has 2 heterocycles. The molecule has 2 rings (SSSR count). The van der Waals surface area contributed by atoms with Crippen LogP contribution in [-0.4, -0.2) is 29.0 Å². The molecule has 1 unspecified atom stereocenters. The van der Waals surface area contributed by atoms with E-state index in [4.69, 9.17) is 4.74 Å². The van der Waals surface area contributed by atoms with E-state index in [0.717, 1.165) is 5.69 Å². The average molecular weight is 322 g/mol. The van der Waals surface area contributed by atoms with E-state index < -0.39 is 11.9 Å². The van der Waals surface area contributed by atoms with Gasteiger partial charge in [0.15, 0.2) is 0 Å². The Morgan fingerprint density at radius 1 is 1.32 bits per heavy atom. The van der Waals surface area contributed by atoms with Crippen molar-refractivity contribution in [3.05, 3.63) is 52.3 Å². The molecule has 0 amide bonds. The maximum absolute atomic E-state index is 9.41. The lowest BCUT2D eigenvalue weighted by molar-refractivity contribution is -0.301. The monoisotopic (exact) mass is 322 g/mol. The van der Waals surface area contributed by atoms with Crippen molar-refractivity contribution in [2.75, 3.05) is 7.11 Å². The van der Waals surface area contributed by atoms with E-state index >= 15 is 0 Å². The van der Waals surface area contributed by atoms with Crippen molar-refractivity contribution in [3.63, 3.8) is 0 Å². The second-order valence-corrected chi connectivity index (χ2v) is 4.85. The van der Waals surface area contributed by atoms with Crippen LogP contribution in [0.4, 0.5) is 0 Å². The highest BCUT2D eigenvalue weighted by molar-refractivity contribution is 7.08. The molecule has 2 aromatic heterocycles. The first-order valence-electron chi connectivity index (χ1n) is 6.09. The zero-order chi connectivity index (χ0) is 16.5. The molecule has 8 heteroatoms. The number of hydrogen-bond acceptors (Lipinski definition) is 7. The van der Waals surface area contributed by atoms with Crippen molar-refractivity contribution in [2.45, 2.75) is 13.0 Å². The quantitative estimate of drug-likeness (QED) is 0.745. The first kappa shape index (κ1) is 17.6. The first-order chi connectivity index (χ1) is 10.5. The molecule has 0 saturated carbocycles. The summed E-state index contributed by atoms with van der Waals surface area (Å²) in [6.45, 7) is 2.09. The standard InChI is InChI=1S/C10H12N2OS.C4H4O4/c1-7-4-14-5-8(7)10(13-2)9-3-11-6-12-9;5-3(6)1-2-4(7)8/h3-6,10H,1-2H3,(H,11,12);1-2H,(H,5,6)(H,7,8)/p-2/b;2-1+. The van der Waals surface area contributed by atoms with E-state index in [1.165, 1.54) is 11.1 Å². The maximum atomic E-state index is 9.41. The number of H-pyrrole nitrogens is 1. The van der Waals surface area contributed by atoms with Crippen LogP contribution in [0.15, 0.2) is 35.4 Å². The van der Waals surface area contributed by atoms with E-state index in [1.807, 2.05) is 0 Å². The number of hydrogen-bond donors (Lipinski definition) is 1. The predicted molar refractivity (Wildman–Crippen MR) is 75.6 cm³/mol. The van der Waals surface area contributed by atoms with Gasteiger partial charge in [0.05, 0.1) is 30.2 Å². The molecule has 7 nitrogen and oxygen atoms in total. The number of rotatable bonds is 5. The minimum absolute atomic E-state index is 0.0243. The third kappa shape index (κ3) is 5.51. The lowest BCUT2D eigenvalue weighted by Crippen LogP contribution is -2.23. The summed E-state index contributed by atoms with van der Waals surface area (Å²) in [5.74, 6) is -3.09. The van der Waals surface area contributed by atoms with Gasteiger partial charge in [0.1, 0.15) is 6.10 Å². The highest BCUT2D eigenvalue weighted by Gasteiger charge is 2.16. The summed E-state index contributed by atoms with van der Waals surface area (Å²) in [7, 11) is 1.71. The fraction of sp³-hybridized carbons (Fsp3) is 0.214. The van der Waals surface area contributed by atoms with Gasteiger partial charge in [-0.2, -0.15) is 11.3 Å². The van der Waals surface area contributed by atoms with Crippen molar-refractivity contribution in [1.82, 2.24) is 9.97 Å². The summed E-state index contributed by atoms with van der Waals surface area (Å²) >= 11 is 1.69. The van der Waals surface area contributed by atoms with E-state index in [9.17, 15) is 19.8 Å². The Balaban J connectivity index is 0.000000261. The van der Waals surface area contributed by atoms with Gasteiger partial charge < -0.3 is 29.5 Å². The number of aromatic nitrogens is 2. The number of aryl methyl sites for hydroxylation is 1. The molecular weight excluding hydrogens is 308 g/mol. The molecule has 118 valence electrons. The molecule has 0 aromatic carbocycles. The third-order valence-corrected chi connectivity index (χ3v) is 3.45. The number of carbonyl (C=O) groups is 2. The Kier molecular flexibility index (Phi) is 7.00. The highest BCUT2D eigenvalue weighted by Crippen LogP contribution is 2.28. The Morgan fingerprint density at radius 3 is 2.32 bits per heavy atom. The smallest absolute Gasteiger partial charge is 0.124 e. The maximum Gasteiger partial charge on any atom is 0.124 e. The Hall–Kier alpha value is -2.45. The summed E-state index contributed by atoms with van der Waals surface area (Å²) in [5, 5.41) is 23.1. The molecule has 1 atom stereocenters. The fourth-order valence-electron chi connectivity index (χ4n) is 1.61. The average Bonchev–Trinajstić information content (AvgIpc) is 3.11. The van der Waals surface area contributed by atoms with Crippen LogP contribution < -0.4 is 10.2 Å². The minimum atomic E-state index is -1.55. The number of nitrogens with zero attached hydrogens (tertiary/aromatic N) is 1. The van der Waals surface area contributed by atoms with Gasteiger partial charge in [0.25, 0.3) is 0 Å². The number of carbonyl (C=O) groups excluding carboxylic acids is 2. The van der Waals surface area contributed by atoms with Crippen LogP contribution in [0.25, 0.3) is 0 Å². The number of aliphatic carboxylic acids is 2. The minimum Gasteiger partial charge on any atom is -0.545 e. The van der Waals surface area contributed by atoms with Gasteiger partial charge >= 0.3 is 0 Å². The second-order valence-electron chi connectivity index (χ2n) is 4.10. The molecule has 2 aromatic rings. The number of aromatic amines is 1. The molecule has 22 heavy (non-hydrogen) atoms. The third-order valence-electron chi connectivity index (χ3n) is 2.57. The van der Waals surface area contributed by atoms with Gasteiger partial charge in [-0.05, 0) is 35.4 Å². The zero-order valence-electron chi connectivity index (χ0n) is 11.9. The Labute approximate surface area is 130 Å². The van der Waals surface area contributed by atoms with Gasteiger partial charge in [-0.15, -0.1) is 0 Å². The highest BCUT2D eigenvalue weighted by atomic mass is 32.1. The van der Waals surface area contributed by atoms with Gasteiger partial charge in [-0.1, -0.05) is 0 Å². The summed E-state index contributed by atoms with van der Waals surface area (Å²) < 4.78 is 5.46. The normalized spacial score (nSPS) is 11.7. The summed E-state index contributed by atoms with van der Waals surface area (Å²) in [6, 6.07) is 0. The van der Waals surface area contributed by atoms with Crippen LogP contribution in [0, 0.1) is 6.92 Å². The van der Waals surface area contributed by atoms with Crippen molar-refractivity contribution in [1.29, 1.82) is 0 Å². The first-order valence-corrected chi connectivity index (χ1v) is 7.03. The Bertz CT molecular complexity index is 617. The van der Waals surface area contributed by atoms with Crippen molar-refractivity contribution >= 4 is 23.3 Å². The van der Waals surface area contributed by atoms with Gasteiger partial charge in [0.2, 0.25) is 0 Å². The van der Waals surface area contributed by atoms with Gasteiger partial charge in [-0.3, -0.25) is 0 Å². The van der Waals surface area contributed by atoms with E-state index in [1.54, 1.807) is 31.0 Å². The van der Waals surface area contributed by atoms with E-state index in [2.05, 4.69) is 27.7 Å².